The van der Waals surface area contributed by atoms with E-state index in [0.717, 1.165) is 5.56 Å². The molecule has 176 valence electrons. The first-order valence-corrected chi connectivity index (χ1v) is 12.2. The second-order valence-corrected chi connectivity index (χ2v) is 9.28. The van der Waals surface area contributed by atoms with E-state index in [0.29, 0.717) is 40.2 Å². The van der Waals surface area contributed by atoms with Gasteiger partial charge in [0, 0.05) is 16.4 Å². The van der Waals surface area contributed by atoms with Crippen LogP contribution in [0.3, 0.4) is 0 Å². The molecule has 0 saturated carbocycles. The van der Waals surface area contributed by atoms with Crippen molar-refractivity contribution < 1.29 is 14.3 Å². The molecular formula is C27H22ClN3O3S. The molecule has 0 bridgehead atoms. The zero-order chi connectivity index (χ0) is 24.8. The molecular weight excluding hydrogens is 482 g/mol. The Morgan fingerprint density at radius 2 is 1.86 bits per heavy atom. The van der Waals surface area contributed by atoms with Crippen molar-refractivity contribution >= 4 is 46.6 Å². The number of ether oxygens (including phenoxy) is 1. The molecule has 2 amide bonds. The van der Waals surface area contributed by atoms with Crippen LogP contribution >= 0.6 is 23.4 Å². The minimum Gasteiger partial charge on any atom is -0.494 e. The average Bonchev–Trinajstić information content (AvgIpc) is 3.17. The molecule has 1 aliphatic heterocycles. The largest absolute Gasteiger partial charge is 0.494 e. The Labute approximate surface area is 213 Å². The Balaban J connectivity index is 1.66. The molecule has 1 N–H and O–H groups in total. The number of halogens is 1. The minimum atomic E-state index is -0.587. The average molecular weight is 504 g/mol. The summed E-state index contributed by atoms with van der Waals surface area (Å²) in [5, 5.41) is 13.1. The Morgan fingerprint density at radius 1 is 1.11 bits per heavy atom. The van der Waals surface area contributed by atoms with E-state index in [4.69, 9.17) is 16.3 Å². The summed E-state index contributed by atoms with van der Waals surface area (Å²) >= 11 is 7.34. The number of anilines is 2. The third kappa shape index (κ3) is 5.68. The van der Waals surface area contributed by atoms with E-state index in [9.17, 15) is 14.9 Å². The van der Waals surface area contributed by atoms with Crippen molar-refractivity contribution in [2.45, 2.75) is 18.6 Å². The molecule has 1 heterocycles. The maximum atomic E-state index is 13.5. The minimum absolute atomic E-state index is 0.130. The highest BCUT2D eigenvalue weighted by atomic mass is 35.5. The van der Waals surface area contributed by atoms with E-state index in [2.05, 4.69) is 5.32 Å². The van der Waals surface area contributed by atoms with Gasteiger partial charge in [0.05, 0.1) is 11.9 Å². The maximum absolute atomic E-state index is 13.5. The van der Waals surface area contributed by atoms with Gasteiger partial charge in [0.2, 0.25) is 5.91 Å². The molecule has 1 atom stereocenters. The van der Waals surface area contributed by atoms with Gasteiger partial charge in [-0.2, -0.15) is 5.26 Å². The van der Waals surface area contributed by atoms with E-state index < -0.39 is 11.2 Å². The van der Waals surface area contributed by atoms with Gasteiger partial charge in [-0.05, 0) is 67.4 Å². The lowest BCUT2D eigenvalue weighted by Crippen LogP contribution is -2.30. The summed E-state index contributed by atoms with van der Waals surface area (Å²) in [5.74, 6) is -0.102. The van der Waals surface area contributed by atoms with E-state index >= 15 is 0 Å². The van der Waals surface area contributed by atoms with Crippen LogP contribution in [0.4, 0.5) is 11.4 Å². The molecule has 0 unspecified atom stereocenters. The number of benzene rings is 3. The number of thioether (sulfide) groups is 1. The fourth-order valence-electron chi connectivity index (χ4n) is 3.67. The second kappa shape index (κ2) is 11.1. The number of para-hydroxylation sites is 1. The SMILES string of the molecule is CCOc1ccc(NC(=O)/C(C#N)=C2/S[C@H](Cc3cccc(Cl)c3)C(=O)N2c2ccccc2)cc1. The Kier molecular flexibility index (Phi) is 7.76. The summed E-state index contributed by atoms with van der Waals surface area (Å²) < 4.78 is 5.43. The lowest BCUT2D eigenvalue weighted by Gasteiger charge is -2.18. The van der Waals surface area contributed by atoms with Crippen molar-refractivity contribution in [2.75, 3.05) is 16.8 Å². The molecule has 3 aromatic carbocycles. The molecule has 3 aromatic rings. The monoisotopic (exact) mass is 503 g/mol. The van der Waals surface area contributed by atoms with Crippen molar-refractivity contribution in [3.63, 3.8) is 0 Å². The van der Waals surface area contributed by atoms with Gasteiger partial charge in [0.1, 0.15) is 22.4 Å². The van der Waals surface area contributed by atoms with Crippen LogP contribution in [-0.2, 0) is 16.0 Å². The molecule has 0 aromatic heterocycles. The molecule has 8 heteroatoms. The van der Waals surface area contributed by atoms with Crippen molar-refractivity contribution in [1.82, 2.24) is 0 Å². The van der Waals surface area contributed by atoms with Crippen LogP contribution < -0.4 is 15.0 Å². The van der Waals surface area contributed by atoms with Crippen molar-refractivity contribution in [1.29, 1.82) is 5.26 Å². The lowest BCUT2D eigenvalue weighted by molar-refractivity contribution is -0.117. The first-order valence-electron chi connectivity index (χ1n) is 11.0. The van der Waals surface area contributed by atoms with E-state index in [1.54, 1.807) is 54.6 Å². The Bertz CT molecular complexity index is 1300. The van der Waals surface area contributed by atoms with Crippen molar-refractivity contribution in [3.8, 4) is 11.8 Å². The first kappa shape index (κ1) is 24.4. The standard InChI is InChI=1S/C27H22ClN3O3S/c1-2-34-22-13-11-20(12-14-22)30-25(32)23(17-29)27-31(21-9-4-3-5-10-21)26(33)24(35-27)16-18-7-6-8-19(28)15-18/h3-15,24H,2,16H2,1H3,(H,30,32)/b27-23+/t24-/m1/s1. The summed E-state index contributed by atoms with van der Waals surface area (Å²) in [4.78, 5) is 28.1. The highest BCUT2D eigenvalue weighted by Crippen LogP contribution is 2.42. The third-order valence-electron chi connectivity index (χ3n) is 5.25. The topological polar surface area (TPSA) is 82.4 Å². The predicted molar refractivity (Wildman–Crippen MR) is 139 cm³/mol. The highest BCUT2D eigenvalue weighted by Gasteiger charge is 2.40. The van der Waals surface area contributed by atoms with E-state index in [-0.39, 0.29) is 11.5 Å². The Morgan fingerprint density at radius 3 is 2.51 bits per heavy atom. The van der Waals surface area contributed by atoms with E-state index in [1.807, 2.05) is 37.3 Å². The molecule has 1 aliphatic rings. The number of nitrogens with zero attached hydrogens (tertiary/aromatic N) is 2. The molecule has 1 saturated heterocycles. The van der Waals surface area contributed by atoms with Crippen LogP contribution in [0.5, 0.6) is 5.75 Å². The molecule has 0 aliphatic carbocycles. The number of amides is 2. The number of hydrogen-bond acceptors (Lipinski definition) is 5. The van der Waals surface area contributed by atoms with Crippen molar-refractivity contribution in [3.05, 3.63) is 100 Å². The number of hydrogen-bond donors (Lipinski definition) is 1. The lowest BCUT2D eigenvalue weighted by atomic mass is 10.1. The van der Waals surface area contributed by atoms with Crippen LogP contribution in [0, 0.1) is 11.3 Å². The third-order valence-corrected chi connectivity index (χ3v) is 6.75. The first-order chi connectivity index (χ1) is 17.0. The second-order valence-electron chi connectivity index (χ2n) is 7.65. The summed E-state index contributed by atoms with van der Waals surface area (Å²) in [6, 6.07) is 25.2. The molecule has 0 radical (unpaired) electrons. The maximum Gasteiger partial charge on any atom is 0.269 e. The summed E-state index contributed by atoms with van der Waals surface area (Å²) in [5.41, 5.74) is 1.88. The number of carbonyl (C=O) groups excluding carboxylic acids is 2. The Hall–Kier alpha value is -3.73. The smallest absolute Gasteiger partial charge is 0.269 e. The zero-order valence-corrected chi connectivity index (χ0v) is 20.5. The van der Waals surface area contributed by atoms with Crippen LogP contribution in [0.15, 0.2) is 89.5 Å². The van der Waals surface area contributed by atoms with Gasteiger partial charge in [-0.25, -0.2) is 0 Å². The highest BCUT2D eigenvalue weighted by molar-refractivity contribution is 8.05. The summed E-state index contributed by atoms with van der Waals surface area (Å²) in [6.45, 7) is 2.42. The fourth-order valence-corrected chi connectivity index (χ4v) is 5.19. The van der Waals surface area contributed by atoms with E-state index in [1.165, 1.54) is 16.7 Å². The number of nitriles is 1. The van der Waals surface area contributed by atoms with Gasteiger partial charge in [-0.1, -0.05) is 53.7 Å². The van der Waals surface area contributed by atoms with Gasteiger partial charge < -0.3 is 10.1 Å². The van der Waals surface area contributed by atoms with Gasteiger partial charge in [0.15, 0.2) is 0 Å². The van der Waals surface area contributed by atoms with Crippen LogP contribution in [0.25, 0.3) is 0 Å². The molecule has 4 rings (SSSR count). The summed E-state index contributed by atoms with van der Waals surface area (Å²) in [7, 11) is 0. The molecule has 35 heavy (non-hydrogen) atoms. The van der Waals surface area contributed by atoms with Crippen LogP contribution in [-0.4, -0.2) is 23.7 Å². The number of rotatable bonds is 7. The number of carbonyl (C=O) groups is 2. The molecule has 6 nitrogen and oxygen atoms in total. The van der Waals surface area contributed by atoms with Gasteiger partial charge in [0.25, 0.3) is 5.91 Å². The summed E-state index contributed by atoms with van der Waals surface area (Å²) in [6.07, 6.45) is 0.413. The van der Waals surface area contributed by atoms with Gasteiger partial charge in [-0.15, -0.1) is 0 Å². The van der Waals surface area contributed by atoms with Crippen LogP contribution in [0.2, 0.25) is 5.02 Å². The van der Waals surface area contributed by atoms with Crippen molar-refractivity contribution in [2.24, 2.45) is 0 Å². The molecule has 0 spiro atoms. The number of nitrogens with one attached hydrogen (secondary N) is 1. The van der Waals surface area contributed by atoms with Gasteiger partial charge >= 0.3 is 0 Å². The fraction of sp³-hybridized carbons (Fsp3) is 0.148. The predicted octanol–water partition coefficient (Wildman–Crippen LogP) is 5.80. The zero-order valence-electron chi connectivity index (χ0n) is 18.9. The quantitative estimate of drug-likeness (QED) is 0.325. The van der Waals surface area contributed by atoms with Crippen LogP contribution in [0.1, 0.15) is 12.5 Å². The van der Waals surface area contributed by atoms with Gasteiger partial charge in [-0.3, -0.25) is 14.5 Å². The molecule has 1 fully saturated rings. The normalized spacial score (nSPS) is 16.5.